The molecule has 78 valence electrons. The molecule has 0 unspecified atom stereocenters. The summed E-state index contributed by atoms with van der Waals surface area (Å²) in [7, 11) is 0. The number of hydrogen-bond donors (Lipinski definition) is 1. The van der Waals surface area contributed by atoms with E-state index < -0.39 is 0 Å². The van der Waals surface area contributed by atoms with Crippen LogP contribution in [0.4, 0.5) is 0 Å². The summed E-state index contributed by atoms with van der Waals surface area (Å²) >= 11 is 0. The normalized spacial score (nSPS) is 10.5. The third kappa shape index (κ3) is 1.86. The van der Waals surface area contributed by atoms with Gasteiger partial charge < -0.3 is 4.98 Å². The fourth-order valence-corrected chi connectivity index (χ4v) is 1.69. The van der Waals surface area contributed by atoms with Crippen molar-refractivity contribution in [1.29, 1.82) is 0 Å². The molecule has 0 fully saturated rings. The van der Waals surface area contributed by atoms with Crippen LogP contribution in [0.25, 0.3) is 11.3 Å². The maximum absolute atomic E-state index is 11.5. The van der Waals surface area contributed by atoms with Gasteiger partial charge in [0, 0.05) is 12.7 Å². The first kappa shape index (κ1) is 9.77. The van der Waals surface area contributed by atoms with Crippen molar-refractivity contribution >= 4 is 0 Å². The molecule has 2 rings (SSSR count). The van der Waals surface area contributed by atoms with Crippen molar-refractivity contribution in [2.45, 2.75) is 19.9 Å². The van der Waals surface area contributed by atoms with Gasteiger partial charge in [-0.2, -0.15) is 0 Å². The zero-order chi connectivity index (χ0) is 10.7. The molecule has 0 saturated carbocycles. The number of nitrogens with one attached hydrogen (secondary N) is 1. The van der Waals surface area contributed by atoms with Crippen LogP contribution in [0.15, 0.2) is 41.3 Å². The van der Waals surface area contributed by atoms with E-state index in [1.807, 2.05) is 30.3 Å². The molecule has 2 aromatic rings. The average Bonchev–Trinajstić information content (AvgIpc) is 2.63. The van der Waals surface area contributed by atoms with Crippen LogP contribution in [-0.2, 0) is 6.54 Å². The molecule has 0 aliphatic carbocycles. The molecule has 15 heavy (non-hydrogen) atoms. The molecule has 0 radical (unpaired) electrons. The second-order valence-electron chi connectivity index (χ2n) is 3.50. The smallest absolute Gasteiger partial charge is 0.312 e. The fourth-order valence-electron chi connectivity index (χ4n) is 1.69. The van der Waals surface area contributed by atoms with Gasteiger partial charge in [-0.1, -0.05) is 37.3 Å². The van der Waals surface area contributed by atoms with Crippen LogP contribution in [0, 0.1) is 0 Å². The van der Waals surface area contributed by atoms with Crippen LogP contribution in [0.1, 0.15) is 13.3 Å². The van der Waals surface area contributed by atoms with Crippen molar-refractivity contribution in [2.24, 2.45) is 0 Å². The number of benzene rings is 1. The highest BCUT2D eigenvalue weighted by Gasteiger charge is 2.06. The Kier molecular flexibility index (Phi) is 2.72. The Morgan fingerprint density at radius 1 is 1.27 bits per heavy atom. The maximum atomic E-state index is 11.5. The summed E-state index contributed by atoms with van der Waals surface area (Å²) in [4.78, 5) is 14.2. The zero-order valence-electron chi connectivity index (χ0n) is 8.73. The number of nitrogens with zero attached hydrogens (tertiary/aromatic N) is 1. The second-order valence-corrected chi connectivity index (χ2v) is 3.50. The lowest BCUT2D eigenvalue weighted by molar-refractivity contribution is 0.662. The Bertz CT molecular complexity index is 482. The fraction of sp³-hybridized carbons (Fsp3) is 0.250. The van der Waals surface area contributed by atoms with Crippen molar-refractivity contribution in [3.8, 4) is 11.3 Å². The van der Waals surface area contributed by atoms with E-state index in [2.05, 4.69) is 11.9 Å². The van der Waals surface area contributed by atoms with Crippen LogP contribution in [0.2, 0.25) is 0 Å². The summed E-state index contributed by atoms with van der Waals surface area (Å²) in [5.74, 6) is 0. The first-order chi connectivity index (χ1) is 7.33. The highest BCUT2D eigenvalue weighted by molar-refractivity contribution is 5.58. The van der Waals surface area contributed by atoms with Gasteiger partial charge >= 0.3 is 5.69 Å². The summed E-state index contributed by atoms with van der Waals surface area (Å²) < 4.78 is 1.77. The molecule has 1 N–H and O–H groups in total. The van der Waals surface area contributed by atoms with E-state index in [9.17, 15) is 4.79 Å². The third-order valence-electron chi connectivity index (χ3n) is 2.39. The second kappa shape index (κ2) is 4.17. The molecule has 1 heterocycles. The van der Waals surface area contributed by atoms with Crippen molar-refractivity contribution in [3.63, 3.8) is 0 Å². The third-order valence-corrected chi connectivity index (χ3v) is 2.39. The minimum Gasteiger partial charge on any atom is -0.312 e. The van der Waals surface area contributed by atoms with Crippen molar-refractivity contribution < 1.29 is 0 Å². The highest BCUT2D eigenvalue weighted by Crippen LogP contribution is 2.16. The van der Waals surface area contributed by atoms with Crippen LogP contribution in [0.3, 0.4) is 0 Å². The van der Waals surface area contributed by atoms with E-state index in [1.165, 1.54) is 0 Å². The molecule has 3 heteroatoms. The Morgan fingerprint density at radius 2 is 2.00 bits per heavy atom. The predicted octanol–water partition coefficient (Wildman–Crippen LogP) is 2.25. The van der Waals surface area contributed by atoms with Crippen molar-refractivity contribution in [2.75, 3.05) is 0 Å². The summed E-state index contributed by atoms with van der Waals surface area (Å²) in [5, 5.41) is 0. The SMILES string of the molecule is CCCn1c(-c2ccccc2)c[nH]c1=O. The molecule has 0 amide bonds. The first-order valence-electron chi connectivity index (χ1n) is 5.16. The number of aromatic nitrogens is 2. The Morgan fingerprint density at radius 3 is 2.67 bits per heavy atom. The molecule has 3 nitrogen and oxygen atoms in total. The van der Waals surface area contributed by atoms with E-state index in [0.29, 0.717) is 0 Å². The number of hydrogen-bond acceptors (Lipinski definition) is 1. The maximum Gasteiger partial charge on any atom is 0.325 e. The summed E-state index contributed by atoms with van der Waals surface area (Å²) in [6.07, 6.45) is 2.73. The largest absolute Gasteiger partial charge is 0.325 e. The van der Waals surface area contributed by atoms with Gasteiger partial charge in [0.15, 0.2) is 0 Å². The molecular formula is C12H14N2O. The molecule has 0 spiro atoms. The van der Waals surface area contributed by atoms with Gasteiger partial charge in [-0.05, 0) is 12.0 Å². The van der Waals surface area contributed by atoms with Gasteiger partial charge in [0.05, 0.1) is 5.69 Å². The lowest BCUT2D eigenvalue weighted by Gasteiger charge is -2.04. The van der Waals surface area contributed by atoms with E-state index in [4.69, 9.17) is 0 Å². The minimum atomic E-state index is -0.0318. The number of rotatable bonds is 3. The Labute approximate surface area is 88.4 Å². The average molecular weight is 202 g/mol. The van der Waals surface area contributed by atoms with E-state index in [1.54, 1.807) is 10.8 Å². The number of H-pyrrole nitrogens is 1. The summed E-state index contributed by atoms with van der Waals surface area (Å²) in [6, 6.07) is 9.94. The van der Waals surface area contributed by atoms with Gasteiger partial charge in [0.1, 0.15) is 0 Å². The molecule has 0 aliphatic rings. The van der Waals surface area contributed by atoms with Gasteiger partial charge in [0.25, 0.3) is 0 Å². The van der Waals surface area contributed by atoms with Crippen molar-refractivity contribution in [1.82, 2.24) is 9.55 Å². The standard InChI is InChI=1S/C12H14N2O/c1-2-8-14-11(9-13-12(14)15)10-6-4-3-5-7-10/h3-7,9H,2,8H2,1H3,(H,13,15). The molecule has 0 atom stereocenters. The monoisotopic (exact) mass is 202 g/mol. The molecular weight excluding hydrogens is 188 g/mol. The molecule has 0 aliphatic heterocycles. The topological polar surface area (TPSA) is 37.8 Å². The molecule has 0 saturated heterocycles. The van der Waals surface area contributed by atoms with E-state index in [0.717, 1.165) is 24.2 Å². The Balaban J connectivity index is 2.49. The van der Waals surface area contributed by atoms with Crippen LogP contribution in [0.5, 0.6) is 0 Å². The van der Waals surface area contributed by atoms with Gasteiger partial charge in [-0.15, -0.1) is 0 Å². The predicted molar refractivity (Wildman–Crippen MR) is 60.8 cm³/mol. The van der Waals surface area contributed by atoms with E-state index >= 15 is 0 Å². The molecule has 1 aromatic carbocycles. The van der Waals surface area contributed by atoms with E-state index in [-0.39, 0.29) is 5.69 Å². The van der Waals surface area contributed by atoms with Gasteiger partial charge in [0.2, 0.25) is 0 Å². The molecule has 0 bridgehead atoms. The van der Waals surface area contributed by atoms with Gasteiger partial charge in [-0.3, -0.25) is 4.57 Å². The number of aromatic amines is 1. The van der Waals surface area contributed by atoms with Gasteiger partial charge in [-0.25, -0.2) is 4.79 Å². The van der Waals surface area contributed by atoms with Crippen LogP contribution in [-0.4, -0.2) is 9.55 Å². The summed E-state index contributed by atoms with van der Waals surface area (Å²) in [6.45, 7) is 2.82. The summed E-state index contributed by atoms with van der Waals surface area (Å²) in [5.41, 5.74) is 2.00. The Hall–Kier alpha value is -1.77. The highest BCUT2D eigenvalue weighted by atomic mass is 16.1. The zero-order valence-corrected chi connectivity index (χ0v) is 8.73. The molecule has 1 aromatic heterocycles. The van der Waals surface area contributed by atoms with Crippen LogP contribution >= 0.6 is 0 Å². The van der Waals surface area contributed by atoms with Crippen LogP contribution < -0.4 is 5.69 Å². The first-order valence-corrected chi connectivity index (χ1v) is 5.16. The number of imidazole rings is 1. The van der Waals surface area contributed by atoms with Crippen molar-refractivity contribution in [3.05, 3.63) is 47.0 Å². The minimum absolute atomic E-state index is 0.0318. The lowest BCUT2D eigenvalue weighted by Crippen LogP contribution is -2.17. The quantitative estimate of drug-likeness (QED) is 0.814. The lowest BCUT2D eigenvalue weighted by atomic mass is 10.2.